The number of ether oxygens (including phenoxy) is 1. The molecule has 0 atom stereocenters. The summed E-state index contributed by atoms with van der Waals surface area (Å²) < 4.78 is 4.80. The lowest BCUT2D eigenvalue weighted by Crippen LogP contribution is -2.27. The summed E-state index contributed by atoms with van der Waals surface area (Å²) >= 11 is 0. The van der Waals surface area contributed by atoms with Gasteiger partial charge in [-0.3, -0.25) is 14.6 Å². The molecule has 0 bridgehead atoms. The Morgan fingerprint density at radius 1 is 1.00 bits per heavy atom. The van der Waals surface area contributed by atoms with Crippen LogP contribution >= 0.6 is 0 Å². The van der Waals surface area contributed by atoms with Gasteiger partial charge in [-0.25, -0.2) is 0 Å². The quantitative estimate of drug-likeness (QED) is 0.459. The van der Waals surface area contributed by atoms with Gasteiger partial charge in [0.25, 0.3) is 0 Å². The number of esters is 1. The highest BCUT2D eigenvalue weighted by Gasteiger charge is 2.09. The number of nitrogens with zero attached hydrogens (tertiary/aromatic N) is 1. The molecule has 0 spiro atoms. The van der Waals surface area contributed by atoms with Gasteiger partial charge in [0.15, 0.2) is 0 Å². The van der Waals surface area contributed by atoms with Crippen LogP contribution in [0.5, 0.6) is 0 Å². The molecule has 5 heteroatoms. The molecule has 3 rings (SSSR count). The number of nitrogens with one attached hydrogen (secondary N) is 1. The lowest BCUT2D eigenvalue weighted by Gasteiger charge is -2.09. The fourth-order valence-corrected chi connectivity index (χ4v) is 3.63. The molecule has 0 radical (unpaired) electrons. The number of rotatable bonds is 10. The van der Waals surface area contributed by atoms with Crippen molar-refractivity contribution in [3.63, 3.8) is 0 Å². The number of hydrogen-bond donors (Lipinski definition) is 1. The second-order valence-electron chi connectivity index (χ2n) is 7.90. The average molecular weight is 443 g/mol. The maximum atomic E-state index is 12.4. The van der Waals surface area contributed by atoms with Crippen molar-refractivity contribution >= 4 is 23.5 Å². The summed E-state index contributed by atoms with van der Waals surface area (Å²) in [6, 6.07) is 22.0. The first-order valence-electron chi connectivity index (χ1n) is 11.1. The number of allylic oxidation sites excluding steroid dienone is 1. The van der Waals surface area contributed by atoms with E-state index in [9.17, 15) is 9.59 Å². The summed E-state index contributed by atoms with van der Waals surface area (Å²) in [4.78, 5) is 28.5. The van der Waals surface area contributed by atoms with Crippen molar-refractivity contribution < 1.29 is 14.3 Å². The number of methoxy groups -OCH3 is 1. The third-order valence-corrected chi connectivity index (χ3v) is 5.47. The predicted octanol–water partition coefficient (Wildman–Crippen LogP) is 4.79. The van der Waals surface area contributed by atoms with Crippen molar-refractivity contribution in [2.24, 2.45) is 0 Å². The van der Waals surface area contributed by atoms with Gasteiger partial charge >= 0.3 is 5.97 Å². The van der Waals surface area contributed by atoms with Crippen LogP contribution in [0.1, 0.15) is 40.8 Å². The molecule has 0 saturated heterocycles. The van der Waals surface area contributed by atoms with Gasteiger partial charge in [0.05, 0.1) is 19.2 Å². The maximum absolute atomic E-state index is 12.4. The fourth-order valence-electron chi connectivity index (χ4n) is 3.63. The second-order valence-corrected chi connectivity index (χ2v) is 7.90. The van der Waals surface area contributed by atoms with E-state index in [1.54, 1.807) is 6.20 Å². The van der Waals surface area contributed by atoms with Gasteiger partial charge < -0.3 is 10.1 Å². The molecule has 170 valence electrons. The molecule has 0 fully saturated rings. The molecular formula is C28H30N2O3. The molecule has 33 heavy (non-hydrogen) atoms. The highest BCUT2D eigenvalue weighted by Crippen LogP contribution is 2.23. The Morgan fingerprint density at radius 2 is 1.76 bits per heavy atom. The van der Waals surface area contributed by atoms with E-state index in [1.807, 2.05) is 60.7 Å². The second kappa shape index (κ2) is 12.3. The molecule has 0 aliphatic rings. The Morgan fingerprint density at radius 3 is 2.52 bits per heavy atom. The summed E-state index contributed by atoms with van der Waals surface area (Å²) in [6.45, 7) is 2.67. The minimum atomic E-state index is -0.241. The Bertz CT molecular complexity index is 1110. The molecule has 1 aromatic heterocycles. The van der Waals surface area contributed by atoms with Gasteiger partial charge in [0.1, 0.15) is 0 Å². The third kappa shape index (κ3) is 7.72. The number of benzene rings is 2. The zero-order valence-corrected chi connectivity index (χ0v) is 19.2. The van der Waals surface area contributed by atoms with E-state index in [0.29, 0.717) is 25.1 Å². The monoisotopic (exact) mass is 442 g/mol. The first-order valence-corrected chi connectivity index (χ1v) is 11.1. The van der Waals surface area contributed by atoms with E-state index >= 15 is 0 Å². The minimum absolute atomic E-state index is 0.0498. The van der Waals surface area contributed by atoms with Crippen LogP contribution in [0.15, 0.2) is 72.9 Å². The van der Waals surface area contributed by atoms with E-state index in [-0.39, 0.29) is 18.3 Å². The highest BCUT2D eigenvalue weighted by atomic mass is 16.5. The van der Waals surface area contributed by atoms with Crippen molar-refractivity contribution in [3.05, 3.63) is 101 Å². The SMILES string of the molecule is COC(=O)CC/C(=C\c1ccnc(CC(=O)NCCc2ccccc2C)c1)c1ccccc1. The van der Waals surface area contributed by atoms with Crippen molar-refractivity contribution in [2.75, 3.05) is 13.7 Å². The Balaban J connectivity index is 1.65. The smallest absolute Gasteiger partial charge is 0.305 e. The fraction of sp³-hybridized carbons (Fsp3) is 0.250. The molecule has 3 aromatic rings. The molecule has 0 aliphatic heterocycles. The zero-order valence-electron chi connectivity index (χ0n) is 19.2. The van der Waals surface area contributed by atoms with Crippen LogP contribution in [0, 0.1) is 6.92 Å². The van der Waals surface area contributed by atoms with Crippen LogP contribution < -0.4 is 5.32 Å². The summed E-state index contributed by atoms with van der Waals surface area (Å²) in [5, 5.41) is 2.99. The lowest BCUT2D eigenvalue weighted by molar-refractivity contribution is -0.140. The molecule has 5 nitrogen and oxygen atoms in total. The number of pyridine rings is 1. The molecule has 2 aromatic carbocycles. The van der Waals surface area contributed by atoms with Gasteiger partial charge in [-0.2, -0.15) is 0 Å². The van der Waals surface area contributed by atoms with Crippen molar-refractivity contribution in [3.8, 4) is 0 Å². The lowest BCUT2D eigenvalue weighted by atomic mass is 9.98. The number of aromatic nitrogens is 1. The van der Waals surface area contributed by atoms with E-state index < -0.39 is 0 Å². The van der Waals surface area contributed by atoms with E-state index in [0.717, 1.165) is 23.1 Å². The Labute approximate surface area is 195 Å². The van der Waals surface area contributed by atoms with E-state index in [4.69, 9.17) is 4.74 Å². The van der Waals surface area contributed by atoms with Crippen LogP contribution in [-0.4, -0.2) is 30.5 Å². The highest BCUT2D eigenvalue weighted by molar-refractivity contribution is 5.84. The van der Waals surface area contributed by atoms with Crippen LogP contribution in [0.3, 0.4) is 0 Å². The van der Waals surface area contributed by atoms with Gasteiger partial charge in [0, 0.05) is 19.2 Å². The van der Waals surface area contributed by atoms with Gasteiger partial charge in [-0.1, -0.05) is 60.7 Å². The minimum Gasteiger partial charge on any atom is -0.469 e. The number of carbonyl (C=O) groups is 2. The first-order chi connectivity index (χ1) is 16.0. The molecule has 0 saturated carbocycles. The summed E-state index contributed by atoms with van der Waals surface area (Å²) in [5.74, 6) is -0.291. The predicted molar refractivity (Wildman–Crippen MR) is 131 cm³/mol. The molecule has 1 amide bonds. The number of amides is 1. The summed E-state index contributed by atoms with van der Waals surface area (Å²) in [7, 11) is 1.40. The normalized spacial score (nSPS) is 11.2. The van der Waals surface area contributed by atoms with Crippen LogP contribution in [0.25, 0.3) is 11.6 Å². The number of aryl methyl sites for hydroxylation is 1. The van der Waals surface area contributed by atoms with E-state index in [1.165, 1.54) is 18.2 Å². The summed E-state index contributed by atoms with van der Waals surface area (Å²) in [5.41, 5.74) is 6.20. The standard InChI is InChI=1S/C28H30N2O3/c1-21-8-6-7-9-23(21)15-17-30-27(31)20-26-19-22(14-16-29-26)18-25(12-13-28(32)33-2)24-10-4-3-5-11-24/h3-11,14,16,18-19H,12-13,15,17,20H2,1-2H3,(H,30,31)/b25-18+. The molecule has 1 heterocycles. The van der Waals surface area contributed by atoms with Gasteiger partial charge in [-0.05, 0) is 59.7 Å². The molecule has 0 aliphatic carbocycles. The van der Waals surface area contributed by atoms with Crippen LogP contribution in [0.4, 0.5) is 0 Å². The maximum Gasteiger partial charge on any atom is 0.305 e. The Kier molecular flexibility index (Phi) is 8.95. The zero-order chi connectivity index (χ0) is 23.5. The van der Waals surface area contributed by atoms with Gasteiger partial charge in [0.2, 0.25) is 5.91 Å². The molecule has 0 unspecified atom stereocenters. The summed E-state index contributed by atoms with van der Waals surface area (Å²) in [6.07, 6.45) is 5.64. The largest absolute Gasteiger partial charge is 0.469 e. The molecule has 1 N–H and O–H groups in total. The van der Waals surface area contributed by atoms with Crippen molar-refractivity contribution in [1.82, 2.24) is 10.3 Å². The first kappa shape index (κ1) is 23.9. The van der Waals surface area contributed by atoms with Crippen molar-refractivity contribution in [1.29, 1.82) is 0 Å². The topological polar surface area (TPSA) is 68.3 Å². The molecular weight excluding hydrogens is 412 g/mol. The third-order valence-electron chi connectivity index (χ3n) is 5.47. The van der Waals surface area contributed by atoms with Crippen LogP contribution in [-0.2, 0) is 27.2 Å². The average Bonchev–Trinajstić information content (AvgIpc) is 2.83. The van der Waals surface area contributed by atoms with Gasteiger partial charge in [-0.15, -0.1) is 0 Å². The van der Waals surface area contributed by atoms with Crippen LogP contribution in [0.2, 0.25) is 0 Å². The van der Waals surface area contributed by atoms with E-state index in [2.05, 4.69) is 29.4 Å². The number of hydrogen-bond acceptors (Lipinski definition) is 4. The Hall–Kier alpha value is -3.73. The van der Waals surface area contributed by atoms with Crippen molar-refractivity contribution in [2.45, 2.75) is 32.6 Å². The number of carbonyl (C=O) groups excluding carboxylic acids is 2.